The lowest BCUT2D eigenvalue weighted by atomic mass is 10.1. The van der Waals surface area contributed by atoms with Crippen LogP contribution in [0.2, 0.25) is 0 Å². The Hall–Kier alpha value is -2.82. The highest BCUT2D eigenvalue weighted by atomic mass is 16.5. The zero-order valence-electron chi connectivity index (χ0n) is 11.4. The summed E-state index contributed by atoms with van der Waals surface area (Å²) in [4.78, 5) is 23.4. The second-order valence-electron chi connectivity index (χ2n) is 4.70. The molecule has 3 rings (SSSR count). The van der Waals surface area contributed by atoms with E-state index < -0.39 is 5.97 Å². The normalized spacial score (nSPS) is 12.9. The molecule has 0 fully saturated rings. The maximum absolute atomic E-state index is 12.1. The van der Waals surface area contributed by atoms with Gasteiger partial charge in [-0.1, -0.05) is 18.2 Å². The number of fused-ring (bicyclic) bond motifs is 1. The number of amides is 1. The topological polar surface area (TPSA) is 64.6 Å². The van der Waals surface area contributed by atoms with Crippen molar-refractivity contribution < 1.29 is 19.1 Å². The first kappa shape index (κ1) is 13.2. The zero-order chi connectivity index (χ0) is 14.8. The van der Waals surface area contributed by atoms with Crippen molar-refractivity contribution in [3.63, 3.8) is 0 Å². The van der Waals surface area contributed by atoms with Crippen LogP contribution in [0.4, 0.5) is 5.69 Å². The summed E-state index contributed by atoms with van der Waals surface area (Å²) < 4.78 is 10.6. The van der Waals surface area contributed by atoms with Crippen molar-refractivity contribution in [2.24, 2.45) is 0 Å². The molecule has 5 nitrogen and oxygen atoms in total. The largest absolute Gasteiger partial charge is 0.482 e. The minimum absolute atomic E-state index is 0.00462. The maximum atomic E-state index is 12.1. The molecule has 0 aliphatic carbocycles. The lowest BCUT2D eigenvalue weighted by Gasteiger charge is -2.18. The number of hydrogen-bond donors (Lipinski definition) is 1. The summed E-state index contributed by atoms with van der Waals surface area (Å²) in [5.41, 5.74) is 1.86. The monoisotopic (exact) mass is 283 g/mol. The van der Waals surface area contributed by atoms with Gasteiger partial charge >= 0.3 is 5.97 Å². The van der Waals surface area contributed by atoms with Gasteiger partial charge in [0.05, 0.1) is 11.3 Å². The number of carbonyl (C=O) groups is 2. The van der Waals surface area contributed by atoms with Gasteiger partial charge in [-0.2, -0.15) is 0 Å². The molecule has 2 aromatic rings. The fourth-order valence-electron chi connectivity index (χ4n) is 2.09. The van der Waals surface area contributed by atoms with Crippen LogP contribution in [0, 0.1) is 6.92 Å². The minimum atomic E-state index is -0.434. The molecule has 0 saturated carbocycles. The lowest BCUT2D eigenvalue weighted by Crippen LogP contribution is -2.25. The van der Waals surface area contributed by atoms with E-state index in [0.717, 1.165) is 5.56 Å². The van der Waals surface area contributed by atoms with E-state index in [1.165, 1.54) is 0 Å². The molecule has 5 heteroatoms. The third-order valence-electron chi connectivity index (χ3n) is 3.16. The maximum Gasteiger partial charge on any atom is 0.343 e. The second-order valence-corrected chi connectivity index (χ2v) is 4.70. The van der Waals surface area contributed by atoms with E-state index in [1.54, 1.807) is 30.3 Å². The van der Waals surface area contributed by atoms with Crippen LogP contribution in [-0.4, -0.2) is 18.5 Å². The predicted octanol–water partition coefficient (Wildman–Crippen LogP) is 2.55. The zero-order valence-corrected chi connectivity index (χ0v) is 11.4. The van der Waals surface area contributed by atoms with Crippen LogP contribution in [-0.2, 0) is 4.79 Å². The highest BCUT2D eigenvalue weighted by molar-refractivity contribution is 5.96. The Bertz CT molecular complexity index is 724. The number of ether oxygens (including phenoxy) is 2. The van der Waals surface area contributed by atoms with Gasteiger partial charge in [0, 0.05) is 6.07 Å². The van der Waals surface area contributed by atoms with Crippen molar-refractivity contribution >= 4 is 17.6 Å². The van der Waals surface area contributed by atoms with E-state index in [-0.39, 0.29) is 12.5 Å². The average molecular weight is 283 g/mol. The number of aryl methyl sites for hydroxylation is 1. The van der Waals surface area contributed by atoms with E-state index in [1.807, 2.05) is 19.1 Å². The SMILES string of the molecule is Cc1ccccc1C(=O)Oc1ccc2c(c1)NC(=O)CO2. The van der Waals surface area contributed by atoms with Crippen LogP contribution in [0.25, 0.3) is 0 Å². The van der Waals surface area contributed by atoms with E-state index in [0.29, 0.717) is 22.7 Å². The first-order chi connectivity index (χ1) is 10.1. The summed E-state index contributed by atoms with van der Waals surface area (Å²) in [6.45, 7) is 1.84. The first-order valence-electron chi connectivity index (χ1n) is 6.48. The molecule has 2 aromatic carbocycles. The summed E-state index contributed by atoms with van der Waals surface area (Å²) in [5, 5.41) is 2.67. The Morgan fingerprint density at radius 1 is 1.24 bits per heavy atom. The molecule has 106 valence electrons. The van der Waals surface area contributed by atoms with E-state index in [9.17, 15) is 9.59 Å². The molecule has 1 aliphatic rings. The van der Waals surface area contributed by atoms with Crippen LogP contribution in [0.3, 0.4) is 0 Å². The molecule has 0 spiro atoms. The summed E-state index contributed by atoms with van der Waals surface area (Å²) in [6.07, 6.45) is 0. The Kier molecular flexibility index (Phi) is 3.31. The molecular weight excluding hydrogens is 270 g/mol. The van der Waals surface area contributed by atoms with E-state index >= 15 is 0 Å². The Morgan fingerprint density at radius 3 is 2.86 bits per heavy atom. The van der Waals surface area contributed by atoms with Crippen LogP contribution in [0.15, 0.2) is 42.5 Å². The molecule has 1 aliphatic heterocycles. The number of anilines is 1. The molecule has 0 saturated heterocycles. The van der Waals surface area contributed by atoms with Gasteiger partial charge < -0.3 is 14.8 Å². The van der Waals surface area contributed by atoms with E-state index in [4.69, 9.17) is 9.47 Å². The lowest BCUT2D eigenvalue weighted by molar-refractivity contribution is -0.118. The number of rotatable bonds is 2. The molecule has 0 bridgehead atoms. The van der Waals surface area contributed by atoms with Crippen LogP contribution >= 0.6 is 0 Å². The number of nitrogens with one attached hydrogen (secondary N) is 1. The molecule has 0 radical (unpaired) electrons. The average Bonchev–Trinajstić information content (AvgIpc) is 2.47. The standard InChI is InChI=1S/C16H13NO4/c1-10-4-2-3-5-12(10)16(19)21-11-6-7-14-13(8-11)17-15(18)9-20-14/h2-8H,9H2,1H3,(H,17,18). The summed E-state index contributed by atoms with van der Waals surface area (Å²) in [7, 11) is 0. The van der Waals surface area contributed by atoms with Crippen LogP contribution in [0.5, 0.6) is 11.5 Å². The Morgan fingerprint density at radius 2 is 2.05 bits per heavy atom. The third-order valence-corrected chi connectivity index (χ3v) is 3.16. The predicted molar refractivity (Wildman–Crippen MR) is 76.7 cm³/mol. The molecule has 1 N–H and O–H groups in total. The molecule has 1 heterocycles. The fourth-order valence-corrected chi connectivity index (χ4v) is 2.09. The molecule has 0 atom stereocenters. The smallest absolute Gasteiger partial charge is 0.343 e. The Labute approximate surface area is 121 Å². The molecule has 0 aromatic heterocycles. The summed E-state index contributed by atoms with van der Waals surface area (Å²) >= 11 is 0. The van der Waals surface area contributed by atoms with Gasteiger partial charge in [-0.05, 0) is 30.7 Å². The first-order valence-corrected chi connectivity index (χ1v) is 6.48. The molecule has 0 unspecified atom stereocenters. The van der Waals surface area contributed by atoms with Gasteiger partial charge in [-0.25, -0.2) is 4.79 Å². The van der Waals surface area contributed by atoms with Crippen molar-refractivity contribution in [2.75, 3.05) is 11.9 Å². The number of hydrogen-bond acceptors (Lipinski definition) is 4. The molecular formula is C16H13NO4. The Balaban J connectivity index is 1.82. The number of benzene rings is 2. The highest BCUT2D eigenvalue weighted by Gasteiger charge is 2.18. The van der Waals surface area contributed by atoms with Gasteiger partial charge in [0.15, 0.2) is 6.61 Å². The van der Waals surface area contributed by atoms with Gasteiger partial charge in [0.1, 0.15) is 11.5 Å². The van der Waals surface area contributed by atoms with Crippen LogP contribution in [0.1, 0.15) is 15.9 Å². The van der Waals surface area contributed by atoms with Gasteiger partial charge in [0.25, 0.3) is 5.91 Å². The quantitative estimate of drug-likeness (QED) is 0.679. The van der Waals surface area contributed by atoms with Gasteiger partial charge in [-0.3, -0.25) is 4.79 Å². The second kappa shape index (κ2) is 5.28. The number of esters is 1. The van der Waals surface area contributed by atoms with Crippen molar-refractivity contribution in [1.82, 2.24) is 0 Å². The minimum Gasteiger partial charge on any atom is -0.482 e. The molecule has 1 amide bonds. The van der Waals surface area contributed by atoms with Crippen molar-refractivity contribution in [3.05, 3.63) is 53.6 Å². The van der Waals surface area contributed by atoms with Gasteiger partial charge in [-0.15, -0.1) is 0 Å². The third kappa shape index (κ3) is 2.72. The summed E-state index contributed by atoms with van der Waals surface area (Å²) in [5.74, 6) is 0.249. The van der Waals surface area contributed by atoms with Crippen molar-refractivity contribution in [3.8, 4) is 11.5 Å². The van der Waals surface area contributed by atoms with E-state index in [2.05, 4.69) is 5.32 Å². The van der Waals surface area contributed by atoms with Crippen molar-refractivity contribution in [2.45, 2.75) is 6.92 Å². The van der Waals surface area contributed by atoms with Gasteiger partial charge in [0.2, 0.25) is 0 Å². The highest BCUT2D eigenvalue weighted by Crippen LogP contribution is 2.31. The fraction of sp³-hybridized carbons (Fsp3) is 0.125. The number of carbonyl (C=O) groups excluding carboxylic acids is 2. The van der Waals surface area contributed by atoms with Crippen molar-refractivity contribution in [1.29, 1.82) is 0 Å². The van der Waals surface area contributed by atoms with Crippen LogP contribution < -0.4 is 14.8 Å². The molecule has 21 heavy (non-hydrogen) atoms. The summed E-state index contributed by atoms with van der Waals surface area (Å²) in [6, 6.07) is 12.1.